The van der Waals surface area contributed by atoms with Crippen LogP contribution in [0.5, 0.6) is 0 Å². The third-order valence-electron chi connectivity index (χ3n) is 4.37. The van der Waals surface area contributed by atoms with Crippen LogP contribution in [0.4, 0.5) is 4.79 Å². The second kappa shape index (κ2) is 11.7. The lowest BCUT2D eigenvalue weighted by Crippen LogP contribution is -2.46. The SMILES string of the molecule is CCCCCCC(=O)OCC(=O)[C@H](C[C@@H]1CCNC1=O)NC(=O)OC(C)(C)C. The van der Waals surface area contributed by atoms with Crippen LogP contribution in [-0.2, 0) is 23.9 Å². The molecular formula is C20H34N2O6. The molecule has 2 amide bonds. The molecule has 0 aromatic rings. The van der Waals surface area contributed by atoms with Gasteiger partial charge in [0.15, 0.2) is 12.4 Å². The highest BCUT2D eigenvalue weighted by Crippen LogP contribution is 2.17. The molecule has 1 rings (SSSR count). The molecule has 0 aromatic carbocycles. The van der Waals surface area contributed by atoms with Crippen molar-refractivity contribution < 1.29 is 28.7 Å². The van der Waals surface area contributed by atoms with Crippen molar-refractivity contribution in [3.63, 3.8) is 0 Å². The fraction of sp³-hybridized carbons (Fsp3) is 0.800. The number of carbonyl (C=O) groups excluding carboxylic acids is 4. The predicted octanol–water partition coefficient (Wildman–Crippen LogP) is 2.49. The molecule has 1 aliphatic heterocycles. The summed E-state index contributed by atoms with van der Waals surface area (Å²) in [6, 6.07) is -0.948. The smallest absolute Gasteiger partial charge is 0.408 e. The first kappa shape index (κ1) is 23.9. The Morgan fingerprint density at radius 1 is 1.21 bits per heavy atom. The molecule has 1 fully saturated rings. The van der Waals surface area contributed by atoms with E-state index in [0.29, 0.717) is 13.0 Å². The molecule has 1 saturated heterocycles. The van der Waals surface area contributed by atoms with Gasteiger partial charge < -0.3 is 20.1 Å². The number of rotatable bonds is 11. The highest BCUT2D eigenvalue weighted by molar-refractivity contribution is 5.90. The summed E-state index contributed by atoms with van der Waals surface area (Å²) in [7, 11) is 0. The molecule has 0 spiro atoms. The van der Waals surface area contributed by atoms with Crippen molar-refractivity contribution in [1.29, 1.82) is 0 Å². The maximum absolute atomic E-state index is 12.5. The van der Waals surface area contributed by atoms with Crippen molar-refractivity contribution in [3.05, 3.63) is 0 Å². The minimum absolute atomic E-state index is 0.142. The van der Waals surface area contributed by atoms with Crippen molar-refractivity contribution in [1.82, 2.24) is 10.6 Å². The molecule has 0 bridgehead atoms. The lowest BCUT2D eigenvalue weighted by Gasteiger charge is -2.24. The van der Waals surface area contributed by atoms with Crippen LogP contribution < -0.4 is 10.6 Å². The highest BCUT2D eigenvalue weighted by Gasteiger charge is 2.32. The zero-order chi connectivity index (χ0) is 21.2. The molecule has 8 heteroatoms. The van der Waals surface area contributed by atoms with Crippen LogP contribution in [0.15, 0.2) is 0 Å². The normalized spacial score (nSPS) is 17.6. The van der Waals surface area contributed by atoms with Gasteiger partial charge in [0.25, 0.3) is 0 Å². The van der Waals surface area contributed by atoms with Crippen molar-refractivity contribution in [3.8, 4) is 0 Å². The molecule has 160 valence electrons. The lowest BCUT2D eigenvalue weighted by atomic mass is 9.96. The van der Waals surface area contributed by atoms with Gasteiger partial charge in [-0.2, -0.15) is 0 Å². The van der Waals surface area contributed by atoms with E-state index in [9.17, 15) is 19.2 Å². The van der Waals surface area contributed by atoms with Crippen molar-refractivity contribution in [2.24, 2.45) is 5.92 Å². The third kappa shape index (κ3) is 9.71. The Kier molecular flexibility index (Phi) is 9.96. The van der Waals surface area contributed by atoms with Gasteiger partial charge in [0, 0.05) is 18.9 Å². The lowest BCUT2D eigenvalue weighted by molar-refractivity contribution is -0.148. The summed E-state index contributed by atoms with van der Waals surface area (Å²) in [5.41, 5.74) is -0.715. The summed E-state index contributed by atoms with van der Waals surface area (Å²) in [4.78, 5) is 48.2. The number of hydrogen-bond donors (Lipinski definition) is 2. The van der Waals surface area contributed by atoms with E-state index in [1.165, 1.54) is 0 Å². The van der Waals surface area contributed by atoms with Gasteiger partial charge in [-0.3, -0.25) is 14.4 Å². The molecule has 0 radical (unpaired) electrons. The van der Waals surface area contributed by atoms with Crippen molar-refractivity contribution in [2.45, 2.75) is 84.3 Å². The summed E-state index contributed by atoms with van der Waals surface area (Å²) in [6.45, 7) is 7.35. The zero-order valence-electron chi connectivity index (χ0n) is 17.5. The largest absolute Gasteiger partial charge is 0.458 e. The second-order valence-electron chi connectivity index (χ2n) is 8.15. The van der Waals surface area contributed by atoms with E-state index in [2.05, 4.69) is 17.6 Å². The Morgan fingerprint density at radius 3 is 2.50 bits per heavy atom. The standard InChI is InChI=1S/C20H34N2O6/c1-5-6-7-8-9-17(24)27-13-16(23)15(12-14-10-11-21-18(14)25)22-19(26)28-20(2,3)4/h14-15H,5-13H2,1-4H3,(H,21,25)(H,22,26)/t14-,15-/m0/s1. The van der Waals surface area contributed by atoms with Gasteiger partial charge in [-0.05, 0) is 40.0 Å². The minimum atomic E-state index is -0.948. The summed E-state index contributed by atoms with van der Waals surface area (Å²) >= 11 is 0. The molecule has 28 heavy (non-hydrogen) atoms. The Morgan fingerprint density at radius 2 is 1.93 bits per heavy atom. The predicted molar refractivity (Wildman–Crippen MR) is 104 cm³/mol. The van der Waals surface area contributed by atoms with Crippen LogP contribution in [0.1, 0.15) is 72.6 Å². The van der Waals surface area contributed by atoms with Crippen LogP contribution in [-0.4, -0.2) is 48.5 Å². The number of unbranched alkanes of at least 4 members (excludes halogenated alkanes) is 3. The first-order chi connectivity index (χ1) is 13.1. The number of Topliss-reactive ketones (excluding diaryl/α,β-unsaturated/α-hetero) is 1. The molecule has 0 aromatic heterocycles. The molecule has 2 atom stereocenters. The number of esters is 1. The van der Waals surface area contributed by atoms with E-state index >= 15 is 0 Å². The van der Waals surface area contributed by atoms with E-state index in [4.69, 9.17) is 9.47 Å². The summed E-state index contributed by atoms with van der Waals surface area (Å²) in [5.74, 6) is -1.39. The van der Waals surface area contributed by atoms with Crippen LogP contribution in [0.2, 0.25) is 0 Å². The molecule has 8 nitrogen and oxygen atoms in total. The van der Waals surface area contributed by atoms with E-state index in [-0.39, 0.29) is 24.7 Å². The van der Waals surface area contributed by atoms with Gasteiger partial charge >= 0.3 is 12.1 Å². The van der Waals surface area contributed by atoms with Crippen molar-refractivity contribution in [2.75, 3.05) is 13.2 Å². The molecule has 1 aliphatic rings. The van der Waals surface area contributed by atoms with Gasteiger partial charge in [0.1, 0.15) is 5.60 Å². The molecule has 0 unspecified atom stereocenters. The van der Waals surface area contributed by atoms with Crippen LogP contribution in [0.3, 0.4) is 0 Å². The third-order valence-corrected chi connectivity index (χ3v) is 4.37. The van der Waals surface area contributed by atoms with E-state index in [1.54, 1.807) is 20.8 Å². The molecular weight excluding hydrogens is 364 g/mol. The average molecular weight is 399 g/mol. The first-order valence-electron chi connectivity index (χ1n) is 10.1. The summed E-state index contributed by atoms with van der Waals surface area (Å²) in [6.07, 6.45) is 4.06. The number of carbonyl (C=O) groups is 4. The van der Waals surface area contributed by atoms with E-state index < -0.39 is 36.1 Å². The Hall–Kier alpha value is -2.12. The van der Waals surface area contributed by atoms with Gasteiger partial charge in [0.05, 0.1) is 6.04 Å². The highest BCUT2D eigenvalue weighted by atomic mass is 16.6. The van der Waals surface area contributed by atoms with E-state index in [0.717, 1.165) is 25.7 Å². The zero-order valence-corrected chi connectivity index (χ0v) is 17.5. The monoisotopic (exact) mass is 398 g/mol. The Bertz CT molecular complexity index is 555. The Balaban J connectivity index is 2.58. The maximum atomic E-state index is 12.5. The number of nitrogens with one attached hydrogen (secondary N) is 2. The molecule has 1 heterocycles. The first-order valence-corrected chi connectivity index (χ1v) is 10.1. The summed E-state index contributed by atoms with van der Waals surface area (Å²) in [5, 5.41) is 5.23. The minimum Gasteiger partial charge on any atom is -0.458 e. The number of amides is 2. The number of ketones is 1. The van der Waals surface area contributed by atoms with Crippen LogP contribution in [0, 0.1) is 5.92 Å². The van der Waals surface area contributed by atoms with Gasteiger partial charge in [0.2, 0.25) is 5.91 Å². The van der Waals surface area contributed by atoms with E-state index in [1.807, 2.05) is 0 Å². The summed E-state index contributed by atoms with van der Waals surface area (Å²) < 4.78 is 10.3. The maximum Gasteiger partial charge on any atom is 0.408 e. The van der Waals surface area contributed by atoms with Gasteiger partial charge in [-0.15, -0.1) is 0 Å². The van der Waals surface area contributed by atoms with Crippen molar-refractivity contribution >= 4 is 23.8 Å². The number of alkyl carbamates (subject to hydrolysis) is 1. The van der Waals surface area contributed by atoms with Crippen LogP contribution >= 0.6 is 0 Å². The average Bonchev–Trinajstić information content (AvgIpc) is 2.99. The van der Waals surface area contributed by atoms with Gasteiger partial charge in [-0.1, -0.05) is 26.2 Å². The molecule has 0 aliphatic carbocycles. The fourth-order valence-corrected chi connectivity index (χ4v) is 2.90. The topological polar surface area (TPSA) is 111 Å². The Labute approximate surface area is 167 Å². The van der Waals surface area contributed by atoms with Crippen LogP contribution in [0.25, 0.3) is 0 Å². The van der Waals surface area contributed by atoms with Gasteiger partial charge in [-0.25, -0.2) is 4.79 Å². The second-order valence-corrected chi connectivity index (χ2v) is 8.15. The molecule has 0 saturated carbocycles. The quantitative estimate of drug-likeness (QED) is 0.409. The fourth-order valence-electron chi connectivity index (χ4n) is 2.90. The molecule has 2 N–H and O–H groups in total. The number of hydrogen-bond acceptors (Lipinski definition) is 6. The number of ether oxygens (including phenoxy) is 2.